The van der Waals surface area contributed by atoms with Crippen LogP contribution in [0.3, 0.4) is 0 Å². The van der Waals surface area contributed by atoms with Crippen molar-refractivity contribution >= 4 is 0 Å². The molecular formula is C18H29NO. The molecule has 1 aliphatic carbocycles. The van der Waals surface area contributed by atoms with Crippen LogP contribution in [-0.2, 0) is 6.42 Å². The van der Waals surface area contributed by atoms with Crippen molar-refractivity contribution in [1.82, 2.24) is 0 Å². The molecule has 0 radical (unpaired) electrons. The van der Waals surface area contributed by atoms with Crippen molar-refractivity contribution in [1.29, 1.82) is 0 Å². The first-order valence-corrected chi connectivity index (χ1v) is 8.07. The molecule has 2 rings (SSSR count). The van der Waals surface area contributed by atoms with Crippen LogP contribution >= 0.6 is 0 Å². The van der Waals surface area contributed by atoms with Crippen molar-refractivity contribution < 1.29 is 4.74 Å². The standard InChI is InChI=1S/C18H29NO/c1-3-4-7-15-10-12-18(19,13-11-15)14-16-8-5-6-9-17(16)20-2/h5-6,8-9,15H,3-4,7,10-14,19H2,1-2H3. The van der Waals surface area contributed by atoms with Crippen molar-refractivity contribution in [3.63, 3.8) is 0 Å². The molecule has 2 heteroatoms. The largest absolute Gasteiger partial charge is 0.496 e. The summed E-state index contributed by atoms with van der Waals surface area (Å²) in [4.78, 5) is 0. The van der Waals surface area contributed by atoms with Crippen molar-refractivity contribution in [2.24, 2.45) is 11.7 Å². The molecule has 0 amide bonds. The summed E-state index contributed by atoms with van der Waals surface area (Å²) in [6, 6.07) is 8.28. The molecule has 1 aromatic rings. The van der Waals surface area contributed by atoms with Gasteiger partial charge in [0.25, 0.3) is 0 Å². The Morgan fingerprint density at radius 1 is 1.25 bits per heavy atom. The normalized spacial score (nSPS) is 26.4. The molecule has 1 aromatic carbocycles. The average molecular weight is 275 g/mol. The lowest BCUT2D eigenvalue weighted by atomic mass is 9.73. The third kappa shape index (κ3) is 3.99. The van der Waals surface area contributed by atoms with Crippen LogP contribution < -0.4 is 10.5 Å². The molecule has 20 heavy (non-hydrogen) atoms. The minimum Gasteiger partial charge on any atom is -0.496 e. The van der Waals surface area contributed by atoms with Crippen LogP contribution in [0.1, 0.15) is 57.4 Å². The van der Waals surface area contributed by atoms with Crippen molar-refractivity contribution in [2.45, 2.75) is 63.8 Å². The third-order valence-corrected chi connectivity index (χ3v) is 4.80. The van der Waals surface area contributed by atoms with E-state index in [0.717, 1.165) is 30.9 Å². The maximum absolute atomic E-state index is 6.65. The third-order valence-electron chi connectivity index (χ3n) is 4.80. The zero-order valence-corrected chi connectivity index (χ0v) is 13.0. The summed E-state index contributed by atoms with van der Waals surface area (Å²) in [5, 5.41) is 0. The summed E-state index contributed by atoms with van der Waals surface area (Å²) in [6.45, 7) is 2.28. The smallest absolute Gasteiger partial charge is 0.122 e. The Morgan fingerprint density at radius 2 is 1.95 bits per heavy atom. The maximum atomic E-state index is 6.65. The van der Waals surface area contributed by atoms with E-state index in [1.807, 2.05) is 12.1 Å². The van der Waals surface area contributed by atoms with E-state index >= 15 is 0 Å². The highest BCUT2D eigenvalue weighted by Gasteiger charge is 2.32. The van der Waals surface area contributed by atoms with Gasteiger partial charge in [0.2, 0.25) is 0 Å². The van der Waals surface area contributed by atoms with Gasteiger partial charge in [0.1, 0.15) is 5.75 Å². The van der Waals surface area contributed by atoms with Crippen LogP contribution in [0, 0.1) is 5.92 Å². The van der Waals surface area contributed by atoms with Crippen LogP contribution in [0.2, 0.25) is 0 Å². The lowest BCUT2D eigenvalue weighted by molar-refractivity contribution is 0.220. The minimum atomic E-state index is -0.0304. The molecule has 0 heterocycles. The van der Waals surface area contributed by atoms with Gasteiger partial charge in [-0.2, -0.15) is 0 Å². The van der Waals surface area contributed by atoms with Crippen LogP contribution in [0.5, 0.6) is 5.75 Å². The van der Waals surface area contributed by atoms with Crippen molar-refractivity contribution in [3.8, 4) is 5.75 Å². The molecule has 2 N–H and O–H groups in total. The number of ether oxygens (including phenoxy) is 1. The van der Waals surface area contributed by atoms with Gasteiger partial charge in [-0.25, -0.2) is 0 Å². The number of hydrogen-bond donors (Lipinski definition) is 1. The second-order valence-corrected chi connectivity index (χ2v) is 6.44. The molecule has 0 spiro atoms. The van der Waals surface area contributed by atoms with Gasteiger partial charge in [-0.05, 0) is 49.7 Å². The Bertz CT molecular complexity index is 408. The molecule has 1 saturated carbocycles. The lowest BCUT2D eigenvalue weighted by Crippen LogP contribution is -2.45. The van der Waals surface area contributed by atoms with E-state index < -0.39 is 0 Å². The highest BCUT2D eigenvalue weighted by atomic mass is 16.5. The van der Waals surface area contributed by atoms with E-state index in [0.29, 0.717) is 0 Å². The zero-order chi connectivity index (χ0) is 14.4. The highest BCUT2D eigenvalue weighted by molar-refractivity contribution is 5.34. The van der Waals surface area contributed by atoms with E-state index in [1.54, 1.807) is 7.11 Å². The van der Waals surface area contributed by atoms with Gasteiger partial charge in [-0.3, -0.25) is 0 Å². The summed E-state index contributed by atoms with van der Waals surface area (Å²) in [5.74, 6) is 1.88. The first-order chi connectivity index (χ1) is 9.67. The SMILES string of the molecule is CCCCC1CCC(N)(Cc2ccccc2OC)CC1. The molecule has 1 fully saturated rings. The lowest BCUT2D eigenvalue weighted by Gasteiger charge is -2.37. The molecule has 0 bridgehead atoms. The van der Waals surface area contributed by atoms with Gasteiger partial charge < -0.3 is 10.5 Å². The maximum Gasteiger partial charge on any atom is 0.122 e. The second kappa shape index (κ2) is 7.12. The van der Waals surface area contributed by atoms with Gasteiger partial charge in [0.15, 0.2) is 0 Å². The summed E-state index contributed by atoms with van der Waals surface area (Å²) >= 11 is 0. The predicted molar refractivity (Wildman–Crippen MR) is 85.1 cm³/mol. The molecule has 0 aromatic heterocycles. The van der Waals surface area contributed by atoms with Crippen molar-refractivity contribution in [3.05, 3.63) is 29.8 Å². The fourth-order valence-corrected chi connectivity index (χ4v) is 3.44. The Hall–Kier alpha value is -1.02. The number of methoxy groups -OCH3 is 1. The monoisotopic (exact) mass is 275 g/mol. The summed E-state index contributed by atoms with van der Waals surface area (Å²) < 4.78 is 5.45. The minimum absolute atomic E-state index is 0.0304. The molecule has 2 nitrogen and oxygen atoms in total. The summed E-state index contributed by atoms with van der Waals surface area (Å²) in [7, 11) is 1.74. The fourth-order valence-electron chi connectivity index (χ4n) is 3.44. The van der Waals surface area contributed by atoms with Gasteiger partial charge in [-0.1, -0.05) is 44.4 Å². The van der Waals surface area contributed by atoms with E-state index in [2.05, 4.69) is 19.1 Å². The van der Waals surface area contributed by atoms with E-state index in [-0.39, 0.29) is 5.54 Å². The van der Waals surface area contributed by atoms with Crippen LogP contribution in [-0.4, -0.2) is 12.6 Å². The molecule has 0 unspecified atom stereocenters. The number of para-hydroxylation sites is 1. The molecule has 0 saturated heterocycles. The first kappa shape index (κ1) is 15.4. The Morgan fingerprint density at radius 3 is 2.60 bits per heavy atom. The van der Waals surface area contributed by atoms with Gasteiger partial charge >= 0.3 is 0 Å². The number of rotatable bonds is 6. The van der Waals surface area contributed by atoms with Gasteiger partial charge in [0, 0.05) is 5.54 Å². The molecule has 112 valence electrons. The molecule has 1 aliphatic rings. The van der Waals surface area contributed by atoms with Crippen LogP contribution in [0.15, 0.2) is 24.3 Å². The topological polar surface area (TPSA) is 35.2 Å². The number of nitrogens with two attached hydrogens (primary N) is 1. The van der Waals surface area contributed by atoms with E-state index in [1.165, 1.54) is 37.7 Å². The number of benzene rings is 1. The molecule has 0 atom stereocenters. The number of unbranched alkanes of at least 4 members (excludes halogenated alkanes) is 1. The second-order valence-electron chi connectivity index (χ2n) is 6.44. The fraction of sp³-hybridized carbons (Fsp3) is 0.667. The molecule has 0 aliphatic heterocycles. The Kier molecular flexibility index (Phi) is 5.47. The zero-order valence-electron chi connectivity index (χ0n) is 13.0. The van der Waals surface area contributed by atoms with Crippen molar-refractivity contribution in [2.75, 3.05) is 7.11 Å². The van der Waals surface area contributed by atoms with Gasteiger partial charge in [0.05, 0.1) is 7.11 Å². The summed E-state index contributed by atoms with van der Waals surface area (Å²) in [5.41, 5.74) is 7.87. The van der Waals surface area contributed by atoms with E-state index in [9.17, 15) is 0 Å². The average Bonchev–Trinajstić information content (AvgIpc) is 2.47. The predicted octanol–water partition coefficient (Wildman–Crippen LogP) is 4.32. The van der Waals surface area contributed by atoms with E-state index in [4.69, 9.17) is 10.5 Å². The molecular weight excluding hydrogens is 246 g/mol. The van der Waals surface area contributed by atoms with Gasteiger partial charge in [-0.15, -0.1) is 0 Å². The quantitative estimate of drug-likeness (QED) is 0.839. The first-order valence-electron chi connectivity index (χ1n) is 8.07. The van der Waals surface area contributed by atoms with Crippen LogP contribution in [0.25, 0.3) is 0 Å². The highest BCUT2D eigenvalue weighted by Crippen LogP contribution is 2.36. The Labute approximate surface area is 123 Å². The Balaban J connectivity index is 1.93. The van der Waals surface area contributed by atoms with Crippen LogP contribution in [0.4, 0.5) is 0 Å². The summed E-state index contributed by atoms with van der Waals surface area (Å²) in [6.07, 6.45) is 9.91. The number of hydrogen-bond acceptors (Lipinski definition) is 2.